The third kappa shape index (κ3) is 14.1. The summed E-state index contributed by atoms with van der Waals surface area (Å²) in [6.45, 7) is 6.74. The normalized spacial score (nSPS) is 18.5. The Balaban J connectivity index is 1.15. The van der Waals surface area contributed by atoms with Crippen LogP contribution in [-0.4, -0.2) is 154 Å². The first-order valence-electron chi connectivity index (χ1n) is 24.6. The summed E-state index contributed by atoms with van der Waals surface area (Å²) in [7, 11) is 0.873. The average Bonchev–Trinajstić information content (AvgIpc) is 4.14. The second-order valence-corrected chi connectivity index (χ2v) is 20.9. The van der Waals surface area contributed by atoms with Crippen molar-refractivity contribution in [1.82, 2.24) is 46.0 Å². The van der Waals surface area contributed by atoms with Gasteiger partial charge < -0.3 is 40.5 Å². The maximum atomic E-state index is 16.0. The highest BCUT2D eigenvalue weighted by molar-refractivity contribution is 5.87. The van der Waals surface area contributed by atoms with Gasteiger partial charge in [-0.2, -0.15) is 18.3 Å². The molecule has 7 rings (SSSR count). The van der Waals surface area contributed by atoms with E-state index in [0.717, 1.165) is 67.5 Å². The van der Waals surface area contributed by atoms with Crippen molar-refractivity contribution in [2.45, 2.75) is 116 Å². The van der Waals surface area contributed by atoms with Crippen molar-refractivity contribution in [3.05, 3.63) is 101 Å². The minimum absolute atomic E-state index is 0.0607. The fourth-order valence-corrected chi connectivity index (χ4v) is 9.43. The molecule has 0 spiro atoms. The van der Waals surface area contributed by atoms with Crippen molar-refractivity contribution in [2.24, 2.45) is 10.8 Å². The predicted octanol–water partition coefficient (Wildman–Crippen LogP) is 5.47. The number of carbonyl (C=O) groups excluding carboxylic acids is 3. The Hall–Kier alpha value is -7.01. The lowest BCUT2D eigenvalue weighted by molar-refractivity contribution is -0.220. The molecule has 77 heavy (non-hydrogen) atoms. The number of hydrogen-bond donors (Lipinski definition) is 6. The minimum atomic E-state index is -5.09. The quantitative estimate of drug-likeness (QED) is 0.0391. The Bertz CT molecular complexity index is 2790. The number of rotatable bonds is 19. The van der Waals surface area contributed by atoms with Gasteiger partial charge in [-0.1, -0.05) is 44.7 Å². The highest BCUT2D eigenvalue weighted by Gasteiger charge is 2.56. The number of aliphatic hydroxyl groups is 1. The van der Waals surface area contributed by atoms with Gasteiger partial charge in [-0.15, -0.1) is 0 Å². The van der Waals surface area contributed by atoms with Crippen LogP contribution in [0.1, 0.15) is 63.3 Å². The van der Waals surface area contributed by atoms with Crippen LogP contribution < -0.4 is 26.3 Å². The van der Waals surface area contributed by atoms with Crippen LogP contribution in [0.25, 0.3) is 11.3 Å². The molecule has 2 aromatic heterocycles. The van der Waals surface area contributed by atoms with Crippen LogP contribution in [0, 0.1) is 34.3 Å². The summed E-state index contributed by atoms with van der Waals surface area (Å²) >= 11 is 0. The van der Waals surface area contributed by atoms with E-state index in [1.807, 2.05) is 17.4 Å². The smallest absolute Gasteiger partial charge is 0.407 e. The maximum Gasteiger partial charge on any atom is 0.407 e. The van der Waals surface area contributed by atoms with Gasteiger partial charge in [-0.25, -0.2) is 37.1 Å². The van der Waals surface area contributed by atoms with Crippen LogP contribution in [0.4, 0.5) is 46.1 Å². The van der Waals surface area contributed by atoms with E-state index < -0.39 is 108 Å². The molecule has 4 unspecified atom stereocenters. The molecule has 4 aromatic rings. The lowest BCUT2D eigenvalue weighted by Gasteiger charge is -2.42. The number of methoxy groups -OCH3 is 1. The number of anilines is 1. The van der Waals surface area contributed by atoms with Crippen molar-refractivity contribution in [3.8, 4) is 23.1 Å². The number of carbonyl (C=O) groups is 4. The highest BCUT2D eigenvalue weighted by atomic mass is 19.4. The Labute approximate surface area is 439 Å². The molecular weight excluding hydrogens is 1030 g/mol. The van der Waals surface area contributed by atoms with Gasteiger partial charge in [0.1, 0.15) is 36.1 Å². The molecule has 6 atom stereocenters. The zero-order chi connectivity index (χ0) is 56.1. The zero-order valence-corrected chi connectivity index (χ0v) is 43.0. The number of alkyl carbamates (subject to hydrolysis) is 1. The van der Waals surface area contributed by atoms with E-state index in [4.69, 9.17) is 4.74 Å². The number of hydrogen-bond acceptors (Lipinski definition) is 12. The van der Waals surface area contributed by atoms with Crippen LogP contribution in [0.5, 0.6) is 0 Å². The number of hydrazine groups is 1. The minimum Gasteiger partial charge on any atom is -0.465 e. The molecule has 3 saturated heterocycles. The molecule has 0 aliphatic carbocycles. The third-order valence-electron chi connectivity index (χ3n) is 14.0. The molecule has 25 heteroatoms. The standard InChI is InChI=1S/C52H61F7N10O8/c1-50(2,3)44(62-48(73)74)47(72)65-67(24-36-37(53)18-32(19-38(36)54)39-15-16-66(64-39)26-42(55)56)25-41(70)40(61-46(71)45(63-49(75)76-6)51(4,5)52(57,58)59)17-30-10-7-29(8-11-30)9-12-31-13-14-43(60-21-31)69-23-33-20-34(69)22-68(33)35-27-77-28-35/h7-8,10-11,13-16,18-19,21,33-35,40-42,44-45,62,70H,17,20,22-28H2,1-6H3,(H,61,71)(H,63,75)(H,65,72)(H,73,74)/t33-,34-,40?,41?,44?,45?/m1/s1. The van der Waals surface area contributed by atoms with Crippen molar-refractivity contribution >= 4 is 29.8 Å². The predicted molar refractivity (Wildman–Crippen MR) is 265 cm³/mol. The summed E-state index contributed by atoms with van der Waals surface area (Å²) in [6, 6.07) is 8.99. The summed E-state index contributed by atoms with van der Waals surface area (Å²) < 4.78 is 113. The van der Waals surface area contributed by atoms with E-state index in [1.165, 1.54) is 33.0 Å². The van der Waals surface area contributed by atoms with Gasteiger partial charge in [0.25, 0.3) is 12.3 Å². The van der Waals surface area contributed by atoms with Crippen LogP contribution in [0.2, 0.25) is 0 Å². The number of pyridine rings is 1. The lowest BCUT2D eigenvalue weighted by Crippen LogP contribution is -2.63. The first kappa shape index (κ1) is 57.7. The number of aromatic nitrogens is 3. The number of halogens is 7. The average molecular weight is 1090 g/mol. The SMILES string of the molecule is COC(=O)NC(C(=O)NC(Cc1ccc(C#Cc2ccc(N3C[C@H]4C[C@@H]3CN4C3COC3)nc2)cc1)C(O)CN(Cc1c(F)cc(-c2ccn(CC(F)F)n2)cc1F)NC(=O)C(NC(=O)O)C(C)(C)C)C(C)(C)C(F)(F)F. The van der Waals surface area contributed by atoms with Gasteiger partial charge in [0.15, 0.2) is 0 Å². The first-order chi connectivity index (χ1) is 36.2. The highest BCUT2D eigenvalue weighted by Crippen LogP contribution is 2.41. The van der Waals surface area contributed by atoms with Gasteiger partial charge in [0.05, 0.1) is 49.6 Å². The number of piperazine rings is 1. The fraction of sp³-hybridized carbons (Fsp3) is 0.500. The summed E-state index contributed by atoms with van der Waals surface area (Å²) in [6.07, 6.45) is -9.18. The molecule has 0 radical (unpaired) electrons. The van der Waals surface area contributed by atoms with E-state index >= 15 is 8.78 Å². The number of benzene rings is 2. The lowest BCUT2D eigenvalue weighted by atomic mass is 9.82. The molecule has 416 valence electrons. The molecule has 0 saturated carbocycles. The largest absolute Gasteiger partial charge is 0.465 e. The second-order valence-electron chi connectivity index (χ2n) is 20.9. The molecule has 2 aromatic carbocycles. The first-order valence-corrected chi connectivity index (χ1v) is 24.6. The Kier molecular flexibility index (Phi) is 17.8. The maximum absolute atomic E-state index is 16.0. The number of nitrogens with one attached hydrogen (secondary N) is 4. The Morgan fingerprint density at radius 2 is 1.53 bits per heavy atom. The number of amides is 4. The van der Waals surface area contributed by atoms with Crippen LogP contribution >= 0.6 is 0 Å². The van der Waals surface area contributed by atoms with E-state index in [1.54, 1.807) is 30.5 Å². The van der Waals surface area contributed by atoms with Crippen molar-refractivity contribution in [2.75, 3.05) is 44.9 Å². The summed E-state index contributed by atoms with van der Waals surface area (Å²) in [5, 5.41) is 32.9. The van der Waals surface area contributed by atoms with Gasteiger partial charge in [-0.05, 0) is 80.1 Å². The monoisotopic (exact) mass is 1090 g/mol. The van der Waals surface area contributed by atoms with Gasteiger partial charge in [-0.3, -0.25) is 24.6 Å². The van der Waals surface area contributed by atoms with Gasteiger partial charge in [0.2, 0.25) is 5.91 Å². The van der Waals surface area contributed by atoms with E-state index in [9.17, 15) is 51.3 Å². The van der Waals surface area contributed by atoms with Crippen LogP contribution in [0.3, 0.4) is 0 Å². The Morgan fingerprint density at radius 3 is 2.08 bits per heavy atom. The molecule has 3 aliphatic rings. The van der Waals surface area contributed by atoms with Crippen molar-refractivity contribution < 1.29 is 69.6 Å². The zero-order valence-electron chi connectivity index (χ0n) is 43.0. The molecule has 3 fully saturated rings. The van der Waals surface area contributed by atoms with E-state index in [-0.39, 0.29) is 17.7 Å². The molecule has 5 heterocycles. The number of ether oxygens (including phenoxy) is 2. The number of likely N-dealkylation sites (tertiary alicyclic amines) is 1. The summed E-state index contributed by atoms with van der Waals surface area (Å²) in [4.78, 5) is 61.7. The molecular formula is C52H61F7N10O8. The van der Waals surface area contributed by atoms with Crippen LogP contribution in [-0.2, 0) is 38.6 Å². The summed E-state index contributed by atoms with van der Waals surface area (Å²) in [5.74, 6) is 2.07. The van der Waals surface area contributed by atoms with Crippen LogP contribution in [0.15, 0.2) is 67.0 Å². The number of alkyl halides is 5. The topological polar surface area (TPSA) is 216 Å². The van der Waals surface area contributed by atoms with Gasteiger partial charge >= 0.3 is 18.4 Å². The Morgan fingerprint density at radius 1 is 0.870 bits per heavy atom. The van der Waals surface area contributed by atoms with Crippen molar-refractivity contribution in [3.63, 3.8) is 0 Å². The molecule has 18 nitrogen and oxygen atoms in total. The van der Waals surface area contributed by atoms with E-state index in [2.05, 4.69) is 52.5 Å². The molecule has 2 bridgehead atoms. The number of aliphatic hydroxyl groups excluding tert-OH is 1. The summed E-state index contributed by atoms with van der Waals surface area (Å²) in [5.41, 5.74) is -1.04. The molecule has 3 aliphatic heterocycles. The molecule has 6 N–H and O–H groups in total. The second kappa shape index (κ2) is 23.7. The van der Waals surface area contributed by atoms with Gasteiger partial charge in [0, 0.05) is 72.9 Å². The fourth-order valence-electron chi connectivity index (χ4n) is 9.43. The van der Waals surface area contributed by atoms with Crippen molar-refractivity contribution in [1.29, 1.82) is 0 Å². The number of nitrogens with zero attached hydrogens (tertiary/aromatic N) is 6. The van der Waals surface area contributed by atoms with E-state index in [0.29, 0.717) is 48.7 Å². The third-order valence-corrected chi connectivity index (χ3v) is 14.0. The number of fused-ring (bicyclic) bond motifs is 2. The number of carboxylic acid groups (broad SMARTS) is 1. The molecule has 4 amide bonds.